The molecule has 1 N–H and O–H groups in total. The Morgan fingerprint density at radius 3 is 2.55 bits per heavy atom. The summed E-state index contributed by atoms with van der Waals surface area (Å²) < 4.78 is 2.30. The van der Waals surface area contributed by atoms with Gasteiger partial charge in [-0.1, -0.05) is 41.9 Å². The Labute approximate surface area is 208 Å². The molecule has 0 aliphatic carbocycles. The molecule has 2 aromatic carbocycles. The maximum absolute atomic E-state index is 6.06. The van der Waals surface area contributed by atoms with E-state index < -0.39 is 0 Å². The van der Waals surface area contributed by atoms with Crippen LogP contribution in [0, 0.1) is 6.92 Å². The lowest BCUT2D eigenvalue weighted by Gasteiger charge is -2.28. The zero-order valence-electron chi connectivity index (χ0n) is 19.3. The van der Waals surface area contributed by atoms with Crippen molar-refractivity contribution in [2.24, 2.45) is 0 Å². The van der Waals surface area contributed by atoms with E-state index in [1.807, 2.05) is 18.2 Å². The molecule has 0 atom stereocenters. The highest BCUT2D eigenvalue weighted by Gasteiger charge is 2.16. The van der Waals surface area contributed by atoms with E-state index in [0.717, 1.165) is 48.4 Å². The molecule has 0 spiro atoms. The first kappa shape index (κ1) is 23.8. The average Bonchev–Trinajstić information content (AvgIpc) is 3.48. The van der Waals surface area contributed by atoms with Crippen molar-refractivity contribution >= 4 is 34.6 Å². The molecule has 4 nitrogen and oxygen atoms in total. The third-order valence-electron chi connectivity index (χ3n) is 6.32. The SMILES string of the molecule is Cc1ccccc1NC(=S)N(CCCN1CCCC1)Cc1cccn1Cc1ccc(Cl)cc1. The Hall–Kier alpha value is -2.34. The van der Waals surface area contributed by atoms with Gasteiger partial charge in [0.25, 0.3) is 0 Å². The first-order chi connectivity index (χ1) is 16.1. The molecule has 1 aliphatic heterocycles. The molecule has 33 heavy (non-hydrogen) atoms. The molecular weight excluding hydrogens is 448 g/mol. The van der Waals surface area contributed by atoms with Crippen molar-refractivity contribution < 1.29 is 0 Å². The molecule has 1 aromatic heterocycles. The Kier molecular flexibility index (Phi) is 8.43. The second kappa shape index (κ2) is 11.7. The number of hydrogen-bond acceptors (Lipinski definition) is 2. The molecule has 4 rings (SSSR count). The number of halogens is 1. The van der Waals surface area contributed by atoms with Crippen molar-refractivity contribution in [1.29, 1.82) is 0 Å². The number of aromatic nitrogens is 1. The summed E-state index contributed by atoms with van der Waals surface area (Å²) in [7, 11) is 0. The number of aryl methyl sites for hydroxylation is 1. The summed E-state index contributed by atoms with van der Waals surface area (Å²) >= 11 is 12.0. The fraction of sp³-hybridized carbons (Fsp3) is 0.370. The van der Waals surface area contributed by atoms with Crippen molar-refractivity contribution in [2.45, 2.75) is 39.3 Å². The maximum Gasteiger partial charge on any atom is 0.173 e. The molecule has 174 valence electrons. The van der Waals surface area contributed by atoms with Crippen LogP contribution in [0.3, 0.4) is 0 Å². The first-order valence-corrected chi connectivity index (χ1v) is 12.6. The normalized spacial score (nSPS) is 13.9. The van der Waals surface area contributed by atoms with Crippen LogP contribution in [-0.4, -0.2) is 45.7 Å². The van der Waals surface area contributed by atoms with Gasteiger partial charge in [-0.2, -0.15) is 0 Å². The highest BCUT2D eigenvalue weighted by Crippen LogP contribution is 2.18. The second-order valence-electron chi connectivity index (χ2n) is 8.82. The maximum atomic E-state index is 6.06. The van der Waals surface area contributed by atoms with Gasteiger partial charge in [0, 0.05) is 35.7 Å². The van der Waals surface area contributed by atoms with Crippen LogP contribution in [0.2, 0.25) is 5.02 Å². The van der Waals surface area contributed by atoms with Gasteiger partial charge in [-0.25, -0.2) is 0 Å². The quantitative estimate of drug-likeness (QED) is 0.369. The monoisotopic (exact) mass is 480 g/mol. The molecule has 3 aromatic rings. The smallest absolute Gasteiger partial charge is 0.173 e. The molecule has 0 saturated carbocycles. The number of nitrogens with zero attached hydrogens (tertiary/aromatic N) is 3. The molecule has 1 fully saturated rings. The molecule has 0 radical (unpaired) electrons. The van der Waals surface area contributed by atoms with Gasteiger partial charge in [0.2, 0.25) is 0 Å². The van der Waals surface area contributed by atoms with Crippen LogP contribution in [0.15, 0.2) is 66.9 Å². The summed E-state index contributed by atoms with van der Waals surface area (Å²) in [5.74, 6) is 0. The predicted molar refractivity (Wildman–Crippen MR) is 143 cm³/mol. The van der Waals surface area contributed by atoms with E-state index in [2.05, 4.69) is 75.3 Å². The van der Waals surface area contributed by atoms with Crippen LogP contribution in [0.4, 0.5) is 5.69 Å². The highest BCUT2D eigenvalue weighted by atomic mass is 35.5. The van der Waals surface area contributed by atoms with Gasteiger partial charge < -0.3 is 19.7 Å². The number of rotatable bonds is 9. The van der Waals surface area contributed by atoms with Gasteiger partial charge in [0.05, 0.1) is 6.54 Å². The minimum atomic E-state index is 0.767. The lowest BCUT2D eigenvalue weighted by Crippen LogP contribution is -2.37. The van der Waals surface area contributed by atoms with E-state index in [1.54, 1.807) is 0 Å². The van der Waals surface area contributed by atoms with Crippen molar-refractivity contribution in [3.8, 4) is 0 Å². The summed E-state index contributed by atoms with van der Waals surface area (Å²) in [6, 6.07) is 20.7. The van der Waals surface area contributed by atoms with E-state index in [0.29, 0.717) is 0 Å². The number of nitrogens with one attached hydrogen (secondary N) is 1. The van der Waals surface area contributed by atoms with E-state index >= 15 is 0 Å². The van der Waals surface area contributed by atoms with Crippen molar-refractivity contribution in [2.75, 3.05) is 31.5 Å². The lowest BCUT2D eigenvalue weighted by molar-refractivity contribution is 0.304. The molecule has 1 aliphatic rings. The molecule has 1 saturated heterocycles. The van der Waals surface area contributed by atoms with Gasteiger partial charge >= 0.3 is 0 Å². The third-order valence-corrected chi connectivity index (χ3v) is 6.93. The van der Waals surface area contributed by atoms with E-state index in [-0.39, 0.29) is 0 Å². The van der Waals surface area contributed by atoms with Crippen LogP contribution < -0.4 is 5.32 Å². The largest absolute Gasteiger partial charge is 0.345 e. The minimum absolute atomic E-state index is 0.767. The number of thiocarbonyl (C=S) groups is 1. The standard InChI is InChI=1S/C27H33ClN4S/c1-22-8-2-3-10-26(22)29-27(33)32(19-7-17-30-15-4-5-16-30)21-25-9-6-18-31(25)20-23-11-13-24(28)14-12-23/h2-3,6,8-14,18H,4-5,7,15-17,19-21H2,1H3,(H,29,33). The van der Waals surface area contributed by atoms with Gasteiger partial charge in [-0.05, 0) is 99.5 Å². The summed E-state index contributed by atoms with van der Waals surface area (Å²) in [6.07, 6.45) is 5.90. The van der Waals surface area contributed by atoms with Crippen molar-refractivity contribution in [1.82, 2.24) is 14.4 Å². The number of para-hydroxylation sites is 1. The van der Waals surface area contributed by atoms with Crippen molar-refractivity contribution in [3.05, 3.63) is 88.7 Å². The summed E-state index contributed by atoms with van der Waals surface area (Å²) in [6.45, 7) is 8.23. The Morgan fingerprint density at radius 1 is 1.03 bits per heavy atom. The summed E-state index contributed by atoms with van der Waals surface area (Å²) in [4.78, 5) is 4.88. The Bertz CT molecular complexity index is 1040. The Morgan fingerprint density at radius 2 is 1.79 bits per heavy atom. The zero-order valence-corrected chi connectivity index (χ0v) is 20.9. The topological polar surface area (TPSA) is 23.4 Å². The van der Waals surface area contributed by atoms with Crippen LogP contribution in [0.25, 0.3) is 0 Å². The summed E-state index contributed by atoms with van der Waals surface area (Å²) in [5, 5.41) is 5.05. The van der Waals surface area contributed by atoms with Crippen molar-refractivity contribution in [3.63, 3.8) is 0 Å². The summed E-state index contributed by atoms with van der Waals surface area (Å²) in [5.41, 5.74) is 4.75. The van der Waals surface area contributed by atoms with E-state index in [9.17, 15) is 0 Å². The van der Waals surface area contributed by atoms with Gasteiger partial charge in [-0.3, -0.25) is 0 Å². The number of likely N-dealkylation sites (tertiary alicyclic amines) is 1. The number of benzene rings is 2. The predicted octanol–water partition coefficient (Wildman–Crippen LogP) is 6.18. The van der Waals surface area contributed by atoms with Crippen LogP contribution in [0.5, 0.6) is 0 Å². The minimum Gasteiger partial charge on any atom is -0.345 e. The molecule has 6 heteroatoms. The molecular formula is C27H33ClN4S. The number of anilines is 1. The van der Waals surface area contributed by atoms with Gasteiger partial charge in [0.1, 0.15) is 0 Å². The van der Waals surface area contributed by atoms with Crippen LogP contribution >= 0.6 is 23.8 Å². The van der Waals surface area contributed by atoms with Crippen LogP contribution in [0.1, 0.15) is 36.1 Å². The van der Waals surface area contributed by atoms with Gasteiger partial charge in [-0.15, -0.1) is 0 Å². The lowest BCUT2D eigenvalue weighted by atomic mass is 10.2. The third kappa shape index (κ3) is 6.83. The average molecular weight is 481 g/mol. The first-order valence-electron chi connectivity index (χ1n) is 11.8. The molecule has 0 unspecified atom stereocenters. The highest BCUT2D eigenvalue weighted by molar-refractivity contribution is 7.80. The molecule has 0 bridgehead atoms. The Balaban J connectivity index is 1.45. The van der Waals surface area contributed by atoms with E-state index in [1.165, 1.54) is 42.8 Å². The van der Waals surface area contributed by atoms with E-state index in [4.69, 9.17) is 23.8 Å². The molecule has 2 heterocycles. The number of hydrogen-bond donors (Lipinski definition) is 1. The zero-order chi connectivity index (χ0) is 23.0. The fourth-order valence-electron chi connectivity index (χ4n) is 4.38. The van der Waals surface area contributed by atoms with Gasteiger partial charge in [0.15, 0.2) is 5.11 Å². The second-order valence-corrected chi connectivity index (χ2v) is 9.65. The fourth-order valence-corrected chi connectivity index (χ4v) is 4.77. The van der Waals surface area contributed by atoms with Crippen LogP contribution in [-0.2, 0) is 13.1 Å². The molecule has 0 amide bonds.